The van der Waals surface area contributed by atoms with Crippen LogP contribution in [0.15, 0.2) is 41.7 Å². The van der Waals surface area contributed by atoms with E-state index in [1.54, 1.807) is 7.11 Å². The smallest absolute Gasteiger partial charge is 0.371 e. The van der Waals surface area contributed by atoms with Crippen molar-refractivity contribution >= 4 is 12.0 Å². The van der Waals surface area contributed by atoms with Crippen LogP contribution in [0.2, 0.25) is 0 Å². The monoisotopic (exact) mass is 262 g/mol. The highest BCUT2D eigenvalue weighted by Gasteiger charge is 2.07. The highest BCUT2D eigenvalue weighted by molar-refractivity contribution is 5.85. The molecule has 102 valence electrons. The molecule has 0 bridgehead atoms. The summed E-state index contributed by atoms with van der Waals surface area (Å²) in [6.07, 6.45) is 4.17. The van der Waals surface area contributed by atoms with Crippen LogP contribution in [0.3, 0.4) is 0 Å². The first kappa shape index (κ1) is 14.8. The minimum atomic E-state index is -1.07. The molecule has 0 fully saturated rings. The van der Waals surface area contributed by atoms with Crippen LogP contribution in [-0.4, -0.2) is 25.3 Å². The summed E-state index contributed by atoms with van der Waals surface area (Å²) in [5, 5.41) is 8.92. The summed E-state index contributed by atoms with van der Waals surface area (Å²) in [6, 6.07) is 7.54. The molecule has 1 rings (SSSR count). The number of carbonyl (C=O) groups is 1. The van der Waals surface area contributed by atoms with E-state index in [2.05, 4.69) is 0 Å². The van der Waals surface area contributed by atoms with Crippen LogP contribution in [0.5, 0.6) is 5.75 Å². The molecule has 0 saturated carbocycles. The molecule has 0 spiro atoms. The van der Waals surface area contributed by atoms with Crippen molar-refractivity contribution in [3.05, 3.63) is 47.2 Å². The predicted molar refractivity (Wildman–Crippen MR) is 74.0 cm³/mol. The van der Waals surface area contributed by atoms with Crippen molar-refractivity contribution in [2.45, 2.75) is 13.3 Å². The number of ether oxygens (including phenoxy) is 2. The van der Waals surface area contributed by atoms with Gasteiger partial charge in [-0.2, -0.15) is 0 Å². The molecule has 1 aromatic carbocycles. The van der Waals surface area contributed by atoms with Crippen molar-refractivity contribution in [2.75, 3.05) is 14.2 Å². The van der Waals surface area contributed by atoms with E-state index in [9.17, 15) is 4.79 Å². The van der Waals surface area contributed by atoms with Crippen LogP contribution >= 0.6 is 0 Å². The van der Waals surface area contributed by atoms with Gasteiger partial charge >= 0.3 is 5.97 Å². The summed E-state index contributed by atoms with van der Waals surface area (Å²) in [4.78, 5) is 10.9. The molecule has 0 aliphatic heterocycles. The number of hydrogen-bond acceptors (Lipinski definition) is 3. The Balaban J connectivity index is 3.00. The van der Waals surface area contributed by atoms with Gasteiger partial charge in [0.15, 0.2) is 0 Å². The number of benzene rings is 1. The molecule has 1 aromatic rings. The third-order valence-corrected chi connectivity index (χ3v) is 2.62. The van der Waals surface area contributed by atoms with E-state index in [1.807, 2.05) is 37.3 Å². The van der Waals surface area contributed by atoms with Gasteiger partial charge < -0.3 is 14.6 Å². The van der Waals surface area contributed by atoms with Gasteiger partial charge in [0.05, 0.1) is 14.2 Å². The van der Waals surface area contributed by atoms with Crippen LogP contribution in [-0.2, 0) is 9.53 Å². The van der Waals surface area contributed by atoms with E-state index in [1.165, 1.54) is 13.2 Å². The standard InChI is InChI=1S/C15H18O4/c1-4-11(10-14(19-3)15(16)17)9-12-5-7-13(18-2)8-6-12/h5-10H,4H2,1-3H3,(H,16,17)/b11-9+,14-10-. The topological polar surface area (TPSA) is 55.8 Å². The van der Waals surface area contributed by atoms with Gasteiger partial charge in [-0.25, -0.2) is 4.79 Å². The first-order chi connectivity index (χ1) is 9.10. The Hall–Kier alpha value is -2.23. The summed E-state index contributed by atoms with van der Waals surface area (Å²) < 4.78 is 9.90. The van der Waals surface area contributed by atoms with Gasteiger partial charge in [-0.15, -0.1) is 0 Å². The number of methoxy groups -OCH3 is 2. The van der Waals surface area contributed by atoms with Crippen molar-refractivity contribution in [1.82, 2.24) is 0 Å². The maximum Gasteiger partial charge on any atom is 0.371 e. The zero-order chi connectivity index (χ0) is 14.3. The van der Waals surface area contributed by atoms with Crippen molar-refractivity contribution in [1.29, 1.82) is 0 Å². The summed E-state index contributed by atoms with van der Waals surface area (Å²) in [5.74, 6) is -0.355. The maximum absolute atomic E-state index is 10.9. The SMILES string of the molecule is CCC(/C=C(\OC)C(=O)O)=C\c1ccc(OC)cc1. The van der Waals surface area contributed by atoms with Crippen LogP contribution in [0.25, 0.3) is 6.08 Å². The van der Waals surface area contributed by atoms with Crippen molar-refractivity contribution in [3.63, 3.8) is 0 Å². The van der Waals surface area contributed by atoms with Crippen LogP contribution < -0.4 is 4.74 Å². The Labute approximate surface area is 113 Å². The lowest BCUT2D eigenvalue weighted by Gasteiger charge is -2.04. The van der Waals surface area contributed by atoms with E-state index >= 15 is 0 Å². The average Bonchev–Trinajstić information content (AvgIpc) is 2.43. The number of hydrogen-bond donors (Lipinski definition) is 1. The highest BCUT2D eigenvalue weighted by Crippen LogP contribution is 2.17. The van der Waals surface area contributed by atoms with Crippen molar-refractivity contribution in [2.24, 2.45) is 0 Å². The molecule has 0 radical (unpaired) electrons. The molecule has 0 amide bonds. The molecular formula is C15H18O4. The van der Waals surface area contributed by atoms with E-state index in [-0.39, 0.29) is 5.76 Å². The Bertz CT molecular complexity index is 483. The van der Waals surface area contributed by atoms with Gasteiger partial charge in [0.2, 0.25) is 5.76 Å². The van der Waals surface area contributed by atoms with Crippen molar-refractivity contribution < 1.29 is 19.4 Å². The van der Waals surface area contributed by atoms with Gasteiger partial charge in [-0.05, 0) is 35.8 Å². The molecule has 0 heterocycles. The summed E-state index contributed by atoms with van der Waals surface area (Å²) in [6.45, 7) is 1.96. The molecule has 19 heavy (non-hydrogen) atoms. The highest BCUT2D eigenvalue weighted by atomic mass is 16.5. The van der Waals surface area contributed by atoms with Crippen LogP contribution in [0.4, 0.5) is 0 Å². The fourth-order valence-electron chi connectivity index (χ4n) is 1.54. The lowest BCUT2D eigenvalue weighted by Crippen LogP contribution is -2.02. The minimum Gasteiger partial charge on any atom is -0.497 e. The molecule has 1 N–H and O–H groups in total. The number of allylic oxidation sites excluding steroid dienone is 2. The third kappa shape index (κ3) is 4.50. The molecule has 0 aliphatic rings. The van der Waals surface area contributed by atoms with Gasteiger partial charge in [-0.1, -0.05) is 25.1 Å². The van der Waals surface area contributed by atoms with E-state index < -0.39 is 5.97 Å². The van der Waals surface area contributed by atoms with Crippen LogP contribution in [0.1, 0.15) is 18.9 Å². The Morgan fingerprint density at radius 3 is 2.32 bits per heavy atom. The predicted octanol–water partition coefficient (Wildman–Crippen LogP) is 3.10. The second kappa shape index (κ2) is 7.26. The Morgan fingerprint density at radius 2 is 1.89 bits per heavy atom. The Kier molecular flexibility index (Phi) is 5.67. The zero-order valence-corrected chi connectivity index (χ0v) is 11.3. The lowest BCUT2D eigenvalue weighted by atomic mass is 10.1. The summed E-state index contributed by atoms with van der Waals surface area (Å²) >= 11 is 0. The number of carboxylic acid groups (broad SMARTS) is 1. The van der Waals surface area contributed by atoms with E-state index in [0.717, 1.165) is 16.9 Å². The lowest BCUT2D eigenvalue weighted by molar-refractivity contribution is -0.136. The summed E-state index contributed by atoms with van der Waals surface area (Å²) in [5.41, 5.74) is 1.86. The normalized spacial score (nSPS) is 12.2. The van der Waals surface area contributed by atoms with Crippen molar-refractivity contribution in [3.8, 4) is 5.75 Å². The largest absolute Gasteiger partial charge is 0.497 e. The molecule has 0 atom stereocenters. The quantitative estimate of drug-likeness (QED) is 0.486. The molecule has 0 unspecified atom stereocenters. The number of aliphatic carboxylic acids is 1. The Morgan fingerprint density at radius 1 is 1.26 bits per heavy atom. The van der Waals surface area contributed by atoms with Gasteiger partial charge in [0.25, 0.3) is 0 Å². The minimum absolute atomic E-state index is 0.0680. The molecular weight excluding hydrogens is 244 g/mol. The van der Waals surface area contributed by atoms with E-state index in [4.69, 9.17) is 14.6 Å². The van der Waals surface area contributed by atoms with Gasteiger partial charge in [0, 0.05) is 0 Å². The average molecular weight is 262 g/mol. The van der Waals surface area contributed by atoms with Crippen LogP contribution in [0, 0.1) is 0 Å². The van der Waals surface area contributed by atoms with Gasteiger partial charge in [0.1, 0.15) is 5.75 Å². The van der Waals surface area contributed by atoms with E-state index in [0.29, 0.717) is 6.42 Å². The molecule has 4 heteroatoms. The second-order valence-corrected chi connectivity index (χ2v) is 3.86. The number of rotatable bonds is 6. The molecule has 4 nitrogen and oxygen atoms in total. The summed E-state index contributed by atoms with van der Waals surface area (Å²) in [7, 11) is 2.96. The first-order valence-electron chi connectivity index (χ1n) is 5.94. The molecule has 0 saturated heterocycles. The van der Waals surface area contributed by atoms with Gasteiger partial charge in [-0.3, -0.25) is 0 Å². The fraction of sp³-hybridized carbons (Fsp3) is 0.267. The molecule has 0 aliphatic carbocycles. The number of carboxylic acids is 1. The fourth-order valence-corrected chi connectivity index (χ4v) is 1.54. The maximum atomic E-state index is 10.9. The second-order valence-electron chi connectivity index (χ2n) is 3.86. The zero-order valence-electron chi connectivity index (χ0n) is 11.3. The molecule has 0 aromatic heterocycles. The first-order valence-corrected chi connectivity index (χ1v) is 5.94. The third-order valence-electron chi connectivity index (χ3n) is 2.62.